The van der Waals surface area contributed by atoms with Crippen molar-refractivity contribution in [3.8, 4) is 5.75 Å². The van der Waals surface area contributed by atoms with E-state index in [0.717, 1.165) is 9.13 Å². The number of methoxy groups -OCH3 is 1. The van der Waals surface area contributed by atoms with Gasteiger partial charge in [-0.3, -0.25) is 9.48 Å². The highest BCUT2D eigenvalue weighted by Gasteiger charge is 2.24. The monoisotopic (exact) mass is 384 g/mol. The largest absolute Gasteiger partial charge is 0.493 e. The molecule has 0 atom stereocenters. The molecule has 20 heavy (non-hydrogen) atoms. The Morgan fingerprint density at radius 3 is 2.70 bits per heavy atom. The van der Waals surface area contributed by atoms with Crippen LogP contribution in [0.5, 0.6) is 5.75 Å². The maximum atomic E-state index is 12.8. The molecule has 1 aromatic heterocycles. The lowest BCUT2D eigenvalue weighted by Gasteiger charge is -2.12. The van der Waals surface area contributed by atoms with E-state index in [1.807, 2.05) is 39.0 Å². The third-order valence-corrected chi connectivity index (χ3v) is 4.55. The van der Waals surface area contributed by atoms with Crippen LogP contribution >= 0.6 is 22.6 Å². The van der Waals surface area contributed by atoms with Gasteiger partial charge in [0.25, 0.3) is 0 Å². The van der Waals surface area contributed by atoms with E-state index < -0.39 is 0 Å². The number of benzene rings is 1. The Morgan fingerprint density at radius 1 is 1.40 bits per heavy atom. The lowest BCUT2D eigenvalue weighted by atomic mass is 10.1. The van der Waals surface area contributed by atoms with Crippen molar-refractivity contribution < 1.29 is 9.53 Å². The lowest BCUT2D eigenvalue weighted by molar-refractivity contribution is 0.102. The molecule has 0 aliphatic rings. The zero-order chi connectivity index (χ0) is 14.9. The summed E-state index contributed by atoms with van der Waals surface area (Å²) in [6, 6.07) is 5.83. The van der Waals surface area contributed by atoms with Gasteiger partial charge in [0.1, 0.15) is 0 Å². The highest BCUT2D eigenvalue weighted by molar-refractivity contribution is 14.1. The lowest BCUT2D eigenvalue weighted by Crippen LogP contribution is -2.15. The third kappa shape index (κ3) is 2.59. The number of ketones is 1. The van der Waals surface area contributed by atoms with Crippen LogP contribution in [-0.4, -0.2) is 22.7 Å². The molecule has 0 amide bonds. The second-order valence-electron chi connectivity index (χ2n) is 4.87. The van der Waals surface area contributed by atoms with E-state index in [2.05, 4.69) is 27.7 Å². The van der Waals surface area contributed by atoms with E-state index in [1.165, 1.54) is 0 Å². The van der Waals surface area contributed by atoms with Gasteiger partial charge < -0.3 is 4.74 Å². The molecular weight excluding hydrogens is 367 g/mol. The fourth-order valence-corrected chi connectivity index (χ4v) is 2.66. The van der Waals surface area contributed by atoms with Crippen LogP contribution < -0.4 is 4.74 Å². The molecule has 0 spiro atoms. The van der Waals surface area contributed by atoms with Crippen molar-refractivity contribution in [1.82, 2.24) is 9.78 Å². The van der Waals surface area contributed by atoms with Crippen molar-refractivity contribution in [3.63, 3.8) is 0 Å². The molecule has 0 saturated heterocycles. The predicted molar refractivity (Wildman–Crippen MR) is 86.5 cm³/mol. The van der Waals surface area contributed by atoms with E-state index >= 15 is 0 Å². The van der Waals surface area contributed by atoms with Crippen LogP contribution in [0.4, 0.5) is 0 Å². The van der Waals surface area contributed by atoms with Crippen LogP contribution in [0.15, 0.2) is 24.4 Å². The number of ether oxygens (including phenoxy) is 1. The van der Waals surface area contributed by atoms with Gasteiger partial charge in [0.05, 0.1) is 13.3 Å². The summed E-state index contributed by atoms with van der Waals surface area (Å²) < 4.78 is 7.96. The summed E-state index contributed by atoms with van der Waals surface area (Å²) in [7, 11) is 1.56. The number of hydrogen-bond acceptors (Lipinski definition) is 3. The van der Waals surface area contributed by atoms with Gasteiger partial charge in [0.2, 0.25) is 5.78 Å². The zero-order valence-electron chi connectivity index (χ0n) is 12.0. The van der Waals surface area contributed by atoms with Gasteiger partial charge in [-0.2, -0.15) is 5.10 Å². The second-order valence-corrected chi connectivity index (χ2v) is 5.94. The molecule has 1 heterocycles. The predicted octanol–water partition coefficient (Wildman–Crippen LogP) is 3.62. The first kappa shape index (κ1) is 15.0. The van der Waals surface area contributed by atoms with Crippen molar-refractivity contribution in [1.29, 1.82) is 0 Å². The molecule has 1 aromatic carbocycles. The Morgan fingerprint density at radius 2 is 2.10 bits per heavy atom. The summed E-state index contributed by atoms with van der Waals surface area (Å²) in [5.74, 6) is 0.460. The van der Waals surface area contributed by atoms with Gasteiger partial charge in [-0.1, -0.05) is 12.1 Å². The van der Waals surface area contributed by atoms with Crippen LogP contribution in [0.2, 0.25) is 0 Å². The van der Waals surface area contributed by atoms with Crippen molar-refractivity contribution in [3.05, 3.63) is 44.8 Å². The number of carbonyl (C=O) groups is 1. The van der Waals surface area contributed by atoms with Crippen LogP contribution in [0.1, 0.15) is 41.5 Å². The second kappa shape index (κ2) is 5.95. The normalized spacial score (nSPS) is 10.9. The van der Waals surface area contributed by atoms with Gasteiger partial charge in [-0.15, -0.1) is 0 Å². The smallest absolute Gasteiger partial charge is 0.215 e. The third-order valence-electron chi connectivity index (χ3n) is 3.12. The molecule has 5 heteroatoms. The minimum absolute atomic E-state index is 0.0545. The molecule has 0 unspecified atom stereocenters. The van der Waals surface area contributed by atoms with E-state index in [0.29, 0.717) is 17.0 Å². The topological polar surface area (TPSA) is 44.1 Å². The van der Waals surface area contributed by atoms with Crippen molar-refractivity contribution in [2.24, 2.45) is 0 Å². The number of rotatable bonds is 4. The molecule has 0 fully saturated rings. The van der Waals surface area contributed by atoms with Gasteiger partial charge in [0.15, 0.2) is 11.4 Å². The van der Waals surface area contributed by atoms with Crippen LogP contribution in [0.3, 0.4) is 0 Å². The Hall–Kier alpha value is -1.37. The number of halogens is 1. The Labute approximate surface area is 132 Å². The van der Waals surface area contributed by atoms with Crippen molar-refractivity contribution >= 4 is 28.4 Å². The van der Waals surface area contributed by atoms with Crippen LogP contribution in [-0.2, 0) is 0 Å². The molecule has 0 radical (unpaired) electrons. The molecule has 2 rings (SSSR count). The van der Waals surface area contributed by atoms with Crippen molar-refractivity contribution in [2.45, 2.75) is 26.8 Å². The first-order chi connectivity index (χ1) is 9.47. The number of nitrogens with zero attached hydrogens (tertiary/aromatic N) is 2. The molecule has 2 aromatic rings. The Balaban J connectivity index is 2.58. The minimum Gasteiger partial charge on any atom is -0.493 e. The van der Waals surface area contributed by atoms with E-state index in [4.69, 9.17) is 4.74 Å². The highest BCUT2D eigenvalue weighted by atomic mass is 127. The molecule has 0 bridgehead atoms. The zero-order valence-corrected chi connectivity index (χ0v) is 14.1. The average molecular weight is 384 g/mol. The summed E-state index contributed by atoms with van der Waals surface area (Å²) in [4.78, 5) is 12.8. The first-order valence-electron chi connectivity index (χ1n) is 6.38. The standard InChI is InChI=1S/C15H17IN2O2/c1-9(2)18-14(12(20-4)8-17-18)15(19)11-7-5-6-10(3)13(11)16/h5-9H,1-4H3. The summed E-state index contributed by atoms with van der Waals surface area (Å²) in [6.45, 7) is 5.98. The van der Waals surface area contributed by atoms with E-state index in [9.17, 15) is 4.79 Å². The summed E-state index contributed by atoms with van der Waals surface area (Å²) in [5, 5.41) is 4.25. The molecule has 106 valence electrons. The summed E-state index contributed by atoms with van der Waals surface area (Å²) >= 11 is 2.21. The molecule has 0 aliphatic carbocycles. The summed E-state index contributed by atoms with van der Waals surface area (Å²) in [6.07, 6.45) is 1.59. The maximum Gasteiger partial charge on any atom is 0.215 e. The van der Waals surface area contributed by atoms with Gasteiger partial charge in [-0.25, -0.2) is 0 Å². The number of hydrogen-bond donors (Lipinski definition) is 0. The summed E-state index contributed by atoms with van der Waals surface area (Å²) in [5.41, 5.74) is 2.28. The SMILES string of the molecule is COc1cnn(C(C)C)c1C(=O)c1cccc(C)c1I. The molecule has 0 saturated carbocycles. The minimum atomic E-state index is -0.0545. The molecule has 0 N–H and O–H groups in total. The number of carbonyl (C=O) groups excluding carboxylic acids is 1. The van der Waals surface area contributed by atoms with E-state index in [-0.39, 0.29) is 11.8 Å². The van der Waals surface area contributed by atoms with Gasteiger partial charge in [-0.05, 0) is 55.0 Å². The van der Waals surface area contributed by atoms with Crippen LogP contribution in [0.25, 0.3) is 0 Å². The van der Waals surface area contributed by atoms with Gasteiger partial charge in [0, 0.05) is 15.2 Å². The number of aromatic nitrogens is 2. The fraction of sp³-hybridized carbons (Fsp3) is 0.333. The Bertz CT molecular complexity index is 647. The first-order valence-corrected chi connectivity index (χ1v) is 7.46. The van der Waals surface area contributed by atoms with Crippen LogP contribution in [0, 0.1) is 10.5 Å². The molecule has 0 aliphatic heterocycles. The molecule has 4 nitrogen and oxygen atoms in total. The number of aryl methyl sites for hydroxylation is 1. The average Bonchev–Trinajstić information content (AvgIpc) is 2.85. The van der Waals surface area contributed by atoms with Crippen molar-refractivity contribution in [2.75, 3.05) is 7.11 Å². The maximum absolute atomic E-state index is 12.8. The van der Waals surface area contributed by atoms with E-state index in [1.54, 1.807) is 18.0 Å². The quantitative estimate of drug-likeness (QED) is 0.598. The molecular formula is C15H17IN2O2. The fourth-order valence-electron chi connectivity index (χ4n) is 2.05. The Kier molecular flexibility index (Phi) is 4.47. The van der Waals surface area contributed by atoms with Gasteiger partial charge >= 0.3 is 0 Å². The highest BCUT2D eigenvalue weighted by Crippen LogP contribution is 2.27.